The molecular formula is C28H17NO6S2. The molecule has 7 nitrogen and oxygen atoms in total. The molecule has 0 unspecified atom stereocenters. The normalized spacial score (nSPS) is 12.1. The van der Waals surface area contributed by atoms with Crippen molar-refractivity contribution in [2.24, 2.45) is 0 Å². The van der Waals surface area contributed by atoms with E-state index in [1.165, 1.54) is 18.2 Å². The van der Waals surface area contributed by atoms with Gasteiger partial charge < -0.3 is 15.9 Å². The van der Waals surface area contributed by atoms with Crippen LogP contribution >= 0.6 is 23.5 Å². The minimum atomic E-state index is -1.11. The molecule has 0 saturated heterocycles. The Hall–Kier alpha value is -4.34. The van der Waals surface area contributed by atoms with E-state index in [1.54, 1.807) is 60.7 Å². The summed E-state index contributed by atoms with van der Waals surface area (Å²) in [5.74, 6) is -3.09. The number of hydrogen-bond donors (Lipinski definition) is 3. The summed E-state index contributed by atoms with van der Waals surface area (Å²) in [5, 5.41) is 19.2. The molecule has 37 heavy (non-hydrogen) atoms. The van der Waals surface area contributed by atoms with E-state index >= 15 is 0 Å². The Morgan fingerprint density at radius 2 is 1.08 bits per heavy atom. The van der Waals surface area contributed by atoms with E-state index in [2.05, 4.69) is 0 Å². The lowest BCUT2D eigenvalue weighted by atomic mass is 9.83. The van der Waals surface area contributed by atoms with E-state index in [1.807, 2.05) is 0 Å². The van der Waals surface area contributed by atoms with E-state index in [4.69, 9.17) is 5.73 Å². The molecule has 0 radical (unpaired) electrons. The first-order valence-corrected chi connectivity index (χ1v) is 12.6. The van der Waals surface area contributed by atoms with E-state index in [0.717, 1.165) is 23.5 Å². The molecule has 9 heteroatoms. The molecule has 1 aliphatic rings. The number of benzene rings is 4. The number of rotatable bonds is 6. The Kier molecular flexibility index (Phi) is 6.32. The van der Waals surface area contributed by atoms with Crippen LogP contribution in [-0.2, 0) is 0 Å². The number of nitrogen functional groups attached to an aromatic ring is 1. The summed E-state index contributed by atoms with van der Waals surface area (Å²) in [5.41, 5.74) is 6.95. The number of anilines is 1. The highest BCUT2D eigenvalue weighted by molar-refractivity contribution is 7.99. The van der Waals surface area contributed by atoms with Crippen LogP contribution in [0.5, 0.6) is 0 Å². The van der Waals surface area contributed by atoms with Gasteiger partial charge in [-0.25, -0.2) is 9.59 Å². The van der Waals surface area contributed by atoms with Crippen molar-refractivity contribution >= 4 is 52.7 Å². The van der Waals surface area contributed by atoms with Crippen molar-refractivity contribution in [2.75, 3.05) is 5.73 Å². The van der Waals surface area contributed by atoms with Crippen molar-refractivity contribution in [3.8, 4) is 0 Å². The Morgan fingerprint density at radius 1 is 0.568 bits per heavy atom. The van der Waals surface area contributed by atoms with Gasteiger partial charge in [0, 0.05) is 42.0 Å². The topological polar surface area (TPSA) is 135 Å². The lowest BCUT2D eigenvalue weighted by Crippen LogP contribution is -2.24. The van der Waals surface area contributed by atoms with Crippen molar-refractivity contribution in [2.45, 2.75) is 19.6 Å². The molecule has 0 aromatic heterocycles. The third-order valence-corrected chi connectivity index (χ3v) is 8.10. The summed E-state index contributed by atoms with van der Waals surface area (Å²) in [6, 6.07) is 20.8. The fourth-order valence-corrected chi connectivity index (χ4v) is 6.34. The van der Waals surface area contributed by atoms with Gasteiger partial charge in [0.2, 0.25) is 0 Å². The van der Waals surface area contributed by atoms with Crippen LogP contribution in [0.25, 0.3) is 0 Å². The Bertz CT molecular complexity index is 1650. The maximum Gasteiger partial charge on any atom is 0.336 e. The predicted octanol–water partition coefficient (Wildman–Crippen LogP) is 5.74. The number of carbonyl (C=O) groups excluding carboxylic acids is 2. The van der Waals surface area contributed by atoms with Gasteiger partial charge in [-0.15, -0.1) is 0 Å². The number of ketones is 2. The van der Waals surface area contributed by atoms with Crippen LogP contribution in [0.4, 0.5) is 5.69 Å². The summed E-state index contributed by atoms with van der Waals surface area (Å²) in [6.07, 6.45) is 0. The maximum absolute atomic E-state index is 14.0. The van der Waals surface area contributed by atoms with Gasteiger partial charge in [-0.1, -0.05) is 59.9 Å². The molecule has 0 heterocycles. The lowest BCUT2D eigenvalue weighted by molar-refractivity contribution is 0.0682. The number of nitrogens with two attached hydrogens (primary N) is 1. The van der Waals surface area contributed by atoms with Crippen LogP contribution in [-0.4, -0.2) is 33.7 Å². The van der Waals surface area contributed by atoms with Crippen molar-refractivity contribution in [1.29, 1.82) is 0 Å². The molecule has 1 aliphatic carbocycles. The smallest absolute Gasteiger partial charge is 0.336 e. The first-order chi connectivity index (χ1) is 17.8. The van der Waals surface area contributed by atoms with Crippen molar-refractivity contribution in [3.05, 3.63) is 112 Å². The van der Waals surface area contributed by atoms with Gasteiger partial charge in [-0.2, -0.15) is 0 Å². The monoisotopic (exact) mass is 527 g/mol. The van der Waals surface area contributed by atoms with Crippen LogP contribution in [0.3, 0.4) is 0 Å². The van der Waals surface area contributed by atoms with E-state index in [-0.39, 0.29) is 39.1 Å². The second kappa shape index (κ2) is 9.61. The molecule has 0 aliphatic heterocycles. The largest absolute Gasteiger partial charge is 0.478 e. The number of fused-ring (bicyclic) bond motifs is 2. The third kappa shape index (κ3) is 4.28. The van der Waals surface area contributed by atoms with Gasteiger partial charge in [0.15, 0.2) is 11.6 Å². The van der Waals surface area contributed by atoms with Crippen molar-refractivity contribution in [1.82, 2.24) is 0 Å². The molecular weight excluding hydrogens is 510 g/mol. The zero-order valence-electron chi connectivity index (χ0n) is 18.9. The van der Waals surface area contributed by atoms with Crippen LogP contribution in [0, 0.1) is 0 Å². The van der Waals surface area contributed by atoms with Crippen molar-refractivity contribution < 1.29 is 29.4 Å². The quantitative estimate of drug-likeness (QED) is 0.236. The SMILES string of the molecule is Nc1ccc(Sc2ccccc2C(=O)O)c2c1C(=O)c1cccc(Sc3ccccc3C(=O)O)c1C2=O. The summed E-state index contributed by atoms with van der Waals surface area (Å²) in [6.45, 7) is 0. The zero-order valence-corrected chi connectivity index (χ0v) is 20.6. The van der Waals surface area contributed by atoms with Gasteiger partial charge in [-0.05, 0) is 42.5 Å². The molecule has 0 spiro atoms. The maximum atomic E-state index is 14.0. The van der Waals surface area contributed by atoms with E-state index in [0.29, 0.717) is 19.6 Å². The first kappa shape index (κ1) is 24.4. The second-order valence-corrected chi connectivity index (χ2v) is 10.2. The lowest BCUT2D eigenvalue weighted by Gasteiger charge is -2.23. The predicted molar refractivity (Wildman–Crippen MR) is 139 cm³/mol. The highest BCUT2D eigenvalue weighted by Gasteiger charge is 2.36. The Morgan fingerprint density at radius 3 is 1.65 bits per heavy atom. The Balaban J connectivity index is 1.65. The minimum absolute atomic E-state index is 0.0644. The van der Waals surface area contributed by atoms with Gasteiger partial charge in [0.25, 0.3) is 0 Å². The highest BCUT2D eigenvalue weighted by Crippen LogP contribution is 2.43. The van der Waals surface area contributed by atoms with Crippen LogP contribution in [0.2, 0.25) is 0 Å². The summed E-state index contributed by atoms with van der Waals surface area (Å²) in [4.78, 5) is 52.7. The average Bonchev–Trinajstić information content (AvgIpc) is 2.88. The van der Waals surface area contributed by atoms with Gasteiger partial charge >= 0.3 is 11.9 Å². The molecule has 182 valence electrons. The molecule has 0 amide bonds. The van der Waals surface area contributed by atoms with Crippen LogP contribution in [0.15, 0.2) is 98.4 Å². The zero-order chi connectivity index (χ0) is 26.3. The van der Waals surface area contributed by atoms with Gasteiger partial charge in [0.1, 0.15) is 0 Å². The third-order valence-electron chi connectivity index (χ3n) is 5.83. The fourth-order valence-electron chi connectivity index (χ4n) is 4.16. The first-order valence-electron chi connectivity index (χ1n) is 10.9. The number of carbonyl (C=O) groups is 4. The second-order valence-electron chi connectivity index (χ2n) is 8.05. The standard InChI is InChI=1S/C28H17NO6S2/c29-17-12-13-21(37-19-10-4-2-7-15(19)28(34)35)24-23(17)25(30)16-8-5-11-20(22(16)26(24)31)36-18-9-3-1-6-14(18)27(32)33/h1-13H,29H2,(H,32,33)(H,34,35). The van der Waals surface area contributed by atoms with E-state index in [9.17, 15) is 29.4 Å². The highest BCUT2D eigenvalue weighted by atomic mass is 32.2. The molecule has 0 atom stereocenters. The van der Waals surface area contributed by atoms with Gasteiger partial charge in [-0.3, -0.25) is 9.59 Å². The molecule has 0 saturated carbocycles. The van der Waals surface area contributed by atoms with Crippen molar-refractivity contribution in [3.63, 3.8) is 0 Å². The Labute approximate surface area is 219 Å². The van der Waals surface area contributed by atoms with Crippen LogP contribution in [0.1, 0.15) is 52.6 Å². The number of aromatic carboxylic acids is 2. The summed E-state index contributed by atoms with van der Waals surface area (Å²) >= 11 is 2.16. The molecule has 5 rings (SSSR count). The molecule has 4 aromatic carbocycles. The van der Waals surface area contributed by atoms with Gasteiger partial charge in [0.05, 0.1) is 16.7 Å². The average molecular weight is 528 g/mol. The number of hydrogen-bond acceptors (Lipinski definition) is 7. The van der Waals surface area contributed by atoms with E-state index < -0.39 is 23.5 Å². The molecule has 4 N–H and O–H groups in total. The molecule has 0 fully saturated rings. The molecule has 4 aromatic rings. The molecule has 0 bridgehead atoms. The summed E-state index contributed by atoms with van der Waals surface area (Å²) < 4.78 is 0. The van der Waals surface area contributed by atoms with Crippen LogP contribution < -0.4 is 5.73 Å². The summed E-state index contributed by atoms with van der Waals surface area (Å²) in [7, 11) is 0. The fraction of sp³-hybridized carbons (Fsp3) is 0. The number of carboxylic acids is 2. The minimum Gasteiger partial charge on any atom is -0.478 e. The number of carboxylic acid groups (broad SMARTS) is 2.